The van der Waals surface area contributed by atoms with Gasteiger partial charge in [-0.2, -0.15) is 5.26 Å². The monoisotopic (exact) mass is 386 g/mol. The lowest BCUT2D eigenvalue weighted by Crippen LogP contribution is -2.52. The van der Waals surface area contributed by atoms with Crippen LogP contribution in [0.2, 0.25) is 0 Å². The van der Waals surface area contributed by atoms with Crippen LogP contribution in [0, 0.1) is 11.3 Å². The van der Waals surface area contributed by atoms with Gasteiger partial charge in [0.1, 0.15) is 18.2 Å². The van der Waals surface area contributed by atoms with Crippen molar-refractivity contribution in [1.29, 1.82) is 5.26 Å². The number of aromatic nitrogens is 2. The molecule has 0 radical (unpaired) electrons. The highest BCUT2D eigenvalue weighted by Crippen LogP contribution is 2.30. The molecular formula is C21H30N4O3. The smallest absolute Gasteiger partial charge is 0.331 e. The summed E-state index contributed by atoms with van der Waals surface area (Å²) in [4.78, 5) is 40.6. The Kier molecular flexibility index (Phi) is 6.71. The highest BCUT2D eigenvalue weighted by atomic mass is 16.2. The summed E-state index contributed by atoms with van der Waals surface area (Å²) in [5.41, 5.74) is -1.29. The Morgan fingerprint density at radius 2 is 1.61 bits per heavy atom. The molecule has 2 fully saturated rings. The summed E-state index contributed by atoms with van der Waals surface area (Å²) in [6.45, 7) is 1.84. The zero-order chi connectivity index (χ0) is 20.1. The number of aryl methyl sites for hydroxylation is 1. The van der Waals surface area contributed by atoms with E-state index in [1.807, 2.05) is 11.0 Å². The van der Waals surface area contributed by atoms with Crippen LogP contribution < -0.4 is 11.2 Å². The topological polar surface area (TPSA) is 88.1 Å². The summed E-state index contributed by atoms with van der Waals surface area (Å²) in [6.07, 6.45) is 12.1. The number of amides is 1. The normalized spacial score (nSPS) is 18.6. The van der Waals surface area contributed by atoms with Crippen molar-refractivity contribution in [2.45, 2.75) is 96.3 Å². The summed E-state index contributed by atoms with van der Waals surface area (Å²) in [5, 5.41) is 9.23. The SMILES string of the molecule is CCn1cc(C#N)c(=O)n(CC(=O)N(C2CCCCC2)C2CCCCC2)c1=O. The summed E-state index contributed by atoms with van der Waals surface area (Å²) in [5.74, 6) is -0.157. The number of rotatable bonds is 5. The average molecular weight is 386 g/mol. The largest absolute Gasteiger partial charge is 0.335 e. The third kappa shape index (κ3) is 4.21. The van der Waals surface area contributed by atoms with Gasteiger partial charge in [0.05, 0.1) is 0 Å². The van der Waals surface area contributed by atoms with Gasteiger partial charge in [-0.3, -0.25) is 14.2 Å². The number of nitriles is 1. The first-order valence-corrected chi connectivity index (χ1v) is 10.6. The van der Waals surface area contributed by atoms with Crippen molar-refractivity contribution in [1.82, 2.24) is 14.0 Å². The van der Waals surface area contributed by atoms with Crippen LogP contribution in [-0.4, -0.2) is 32.0 Å². The van der Waals surface area contributed by atoms with Crippen LogP contribution in [0.4, 0.5) is 0 Å². The number of hydrogen-bond donors (Lipinski definition) is 0. The fourth-order valence-electron chi connectivity index (χ4n) is 4.74. The molecule has 1 aromatic heterocycles. The van der Waals surface area contributed by atoms with Crippen LogP contribution in [0.3, 0.4) is 0 Å². The van der Waals surface area contributed by atoms with Gasteiger partial charge in [-0.05, 0) is 32.6 Å². The third-order valence-corrected chi connectivity index (χ3v) is 6.22. The number of nitrogens with zero attached hydrogens (tertiary/aromatic N) is 4. The Morgan fingerprint density at radius 3 is 2.07 bits per heavy atom. The Hall–Kier alpha value is -2.36. The standard InChI is InChI=1S/C21H30N4O3/c1-2-23-14-16(13-22)20(27)24(21(23)28)15-19(26)25(17-9-5-3-6-10-17)18-11-7-4-8-12-18/h14,17-18H,2-12,15H2,1H3. The van der Waals surface area contributed by atoms with Crippen LogP contribution in [0.1, 0.15) is 76.7 Å². The van der Waals surface area contributed by atoms with Crippen molar-refractivity contribution >= 4 is 5.91 Å². The van der Waals surface area contributed by atoms with Crippen LogP contribution >= 0.6 is 0 Å². The molecule has 0 spiro atoms. The van der Waals surface area contributed by atoms with Gasteiger partial charge >= 0.3 is 5.69 Å². The summed E-state index contributed by atoms with van der Waals surface area (Å²) in [6, 6.07) is 2.25. The zero-order valence-corrected chi connectivity index (χ0v) is 16.7. The van der Waals surface area contributed by atoms with E-state index in [9.17, 15) is 19.6 Å². The van der Waals surface area contributed by atoms with E-state index < -0.39 is 11.2 Å². The molecule has 0 aromatic carbocycles. The zero-order valence-electron chi connectivity index (χ0n) is 16.7. The number of hydrogen-bond acceptors (Lipinski definition) is 4. The highest BCUT2D eigenvalue weighted by molar-refractivity contribution is 5.76. The lowest BCUT2D eigenvalue weighted by Gasteiger charge is -2.41. The maximum atomic E-state index is 13.4. The Labute approximate surface area is 165 Å². The molecule has 0 saturated heterocycles. The van der Waals surface area contributed by atoms with Crippen molar-refractivity contribution < 1.29 is 4.79 Å². The van der Waals surface area contributed by atoms with Gasteiger partial charge in [0.15, 0.2) is 0 Å². The molecule has 1 heterocycles. The maximum absolute atomic E-state index is 13.4. The molecule has 0 bridgehead atoms. The quantitative estimate of drug-likeness (QED) is 0.777. The predicted octanol–water partition coefficient (Wildman–Crippen LogP) is 2.40. The van der Waals surface area contributed by atoms with Crippen LogP contribution in [0.25, 0.3) is 0 Å². The lowest BCUT2D eigenvalue weighted by atomic mass is 9.88. The van der Waals surface area contributed by atoms with Crippen molar-refractivity contribution in [2.24, 2.45) is 0 Å². The fourth-order valence-corrected chi connectivity index (χ4v) is 4.74. The van der Waals surface area contributed by atoms with Gasteiger partial charge in [0, 0.05) is 24.8 Å². The summed E-state index contributed by atoms with van der Waals surface area (Å²) >= 11 is 0. The second kappa shape index (κ2) is 9.22. The highest BCUT2D eigenvalue weighted by Gasteiger charge is 2.33. The van der Waals surface area contributed by atoms with E-state index in [1.54, 1.807) is 6.92 Å². The molecule has 0 N–H and O–H groups in total. The first kappa shape index (κ1) is 20.4. The second-order valence-corrected chi connectivity index (χ2v) is 8.00. The summed E-state index contributed by atoms with van der Waals surface area (Å²) < 4.78 is 2.27. The predicted molar refractivity (Wildman–Crippen MR) is 106 cm³/mol. The lowest BCUT2D eigenvalue weighted by molar-refractivity contribution is -0.138. The minimum atomic E-state index is -0.669. The van der Waals surface area contributed by atoms with E-state index in [1.165, 1.54) is 23.6 Å². The first-order chi connectivity index (χ1) is 13.6. The van der Waals surface area contributed by atoms with Crippen molar-refractivity contribution in [3.63, 3.8) is 0 Å². The molecule has 3 rings (SSSR count). The van der Waals surface area contributed by atoms with Crippen molar-refractivity contribution in [2.75, 3.05) is 0 Å². The second-order valence-electron chi connectivity index (χ2n) is 8.00. The molecule has 152 valence electrons. The van der Waals surface area contributed by atoms with Crippen LogP contribution in [0.15, 0.2) is 15.8 Å². The van der Waals surface area contributed by atoms with Gasteiger partial charge in [-0.1, -0.05) is 38.5 Å². The molecule has 0 atom stereocenters. The van der Waals surface area contributed by atoms with E-state index in [2.05, 4.69) is 0 Å². The molecule has 7 nitrogen and oxygen atoms in total. The summed E-state index contributed by atoms with van der Waals surface area (Å²) in [7, 11) is 0. The molecule has 0 aliphatic heterocycles. The molecule has 2 aliphatic carbocycles. The van der Waals surface area contributed by atoms with Gasteiger partial charge in [0.25, 0.3) is 5.56 Å². The fraction of sp³-hybridized carbons (Fsp3) is 0.714. The molecule has 7 heteroatoms. The Balaban J connectivity index is 1.92. The van der Waals surface area contributed by atoms with Gasteiger partial charge in [0.2, 0.25) is 5.91 Å². The van der Waals surface area contributed by atoms with Gasteiger partial charge < -0.3 is 4.90 Å². The van der Waals surface area contributed by atoms with Gasteiger partial charge in [-0.25, -0.2) is 9.36 Å². The minimum absolute atomic E-state index is 0.101. The van der Waals surface area contributed by atoms with Crippen LogP contribution in [-0.2, 0) is 17.9 Å². The van der Waals surface area contributed by atoms with Crippen molar-refractivity contribution in [3.05, 3.63) is 32.6 Å². The first-order valence-electron chi connectivity index (χ1n) is 10.6. The molecule has 0 unspecified atom stereocenters. The molecule has 1 amide bonds. The van der Waals surface area contributed by atoms with Crippen LogP contribution in [0.5, 0.6) is 0 Å². The molecule has 2 aliphatic rings. The van der Waals surface area contributed by atoms with E-state index in [-0.39, 0.29) is 30.1 Å². The van der Waals surface area contributed by atoms with Crippen molar-refractivity contribution in [3.8, 4) is 6.07 Å². The molecular weight excluding hydrogens is 356 g/mol. The Morgan fingerprint density at radius 1 is 1.07 bits per heavy atom. The third-order valence-electron chi connectivity index (χ3n) is 6.22. The van der Waals surface area contributed by atoms with E-state index in [0.29, 0.717) is 6.54 Å². The molecule has 2 saturated carbocycles. The molecule has 28 heavy (non-hydrogen) atoms. The van der Waals surface area contributed by atoms with E-state index in [4.69, 9.17) is 0 Å². The maximum Gasteiger partial charge on any atom is 0.331 e. The van der Waals surface area contributed by atoms with E-state index in [0.717, 1.165) is 55.9 Å². The molecule has 1 aromatic rings. The average Bonchev–Trinajstić information content (AvgIpc) is 2.73. The number of carbonyl (C=O) groups excluding carboxylic acids is 1. The van der Waals surface area contributed by atoms with Gasteiger partial charge in [-0.15, -0.1) is 0 Å². The van der Waals surface area contributed by atoms with E-state index >= 15 is 0 Å². The number of carbonyl (C=O) groups is 1. The Bertz CT molecular complexity index is 834. The minimum Gasteiger partial charge on any atom is -0.335 e.